The molecule has 0 amide bonds. The smallest absolute Gasteiger partial charge is 0.285 e. The first-order valence-electron chi connectivity index (χ1n) is 10.5. The maximum atomic E-state index is 14.1. The number of benzene rings is 1. The number of fused-ring (bicyclic) bond motifs is 1. The number of pyridine rings is 2. The van der Waals surface area contributed by atoms with Crippen molar-refractivity contribution in [1.29, 1.82) is 0 Å². The molecule has 1 atom stereocenters. The topological polar surface area (TPSA) is 87.2 Å². The van der Waals surface area contributed by atoms with Crippen molar-refractivity contribution in [3.63, 3.8) is 0 Å². The molecule has 164 valence electrons. The minimum Gasteiger partial charge on any atom is -0.507 e. The van der Waals surface area contributed by atoms with Crippen LogP contribution in [0.3, 0.4) is 0 Å². The zero-order valence-electron chi connectivity index (χ0n) is 17.0. The molecule has 1 aromatic carbocycles. The Bertz CT molecular complexity index is 1160. The zero-order chi connectivity index (χ0) is 20.7. The van der Waals surface area contributed by atoms with Gasteiger partial charge in [-0.1, -0.05) is 6.07 Å². The van der Waals surface area contributed by atoms with Gasteiger partial charge in [0.25, 0.3) is 5.56 Å². The summed E-state index contributed by atoms with van der Waals surface area (Å²) in [5.74, 6) is 0.527. The summed E-state index contributed by atoms with van der Waals surface area (Å²) in [6.07, 6.45) is 4.29. The predicted molar refractivity (Wildman–Crippen MR) is 120 cm³/mol. The lowest BCUT2D eigenvalue weighted by atomic mass is 9.88. The number of hydrogen-bond acceptors (Lipinski definition) is 5. The zero-order valence-corrected chi connectivity index (χ0v) is 17.8. The first-order valence-corrected chi connectivity index (χ1v) is 10.5. The second-order valence-electron chi connectivity index (χ2n) is 8.25. The van der Waals surface area contributed by atoms with Gasteiger partial charge in [0.2, 0.25) is 0 Å². The predicted octanol–water partition coefficient (Wildman–Crippen LogP) is 4.11. The quantitative estimate of drug-likeness (QED) is 0.550. The Morgan fingerprint density at radius 3 is 2.81 bits per heavy atom. The summed E-state index contributed by atoms with van der Waals surface area (Å²) in [5, 5.41) is 14.6. The van der Waals surface area contributed by atoms with Gasteiger partial charge < -0.3 is 20.1 Å². The van der Waals surface area contributed by atoms with E-state index in [9.17, 15) is 14.3 Å². The third-order valence-corrected chi connectivity index (χ3v) is 5.98. The van der Waals surface area contributed by atoms with Gasteiger partial charge in [0.05, 0.1) is 17.9 Å². The first-order chi connectivity index (χ1) is 14.6. The molecule has 1 aliphatic carbocycles. The molecule has 1 unspecified atom stereocenters. The van der Waals surface area contributed by atoms with Crippen LogP contribution < -0.4 is 15.6 Å². The number of halogens is 2. The van der Waals surface area contributed by atoms with Gasteiger partial charge in [-0.15, -0.1) is 12.4 Å². The minimum absolute atomic E-state index is 0. The maximum absolute atomic E-state index is 14.1. The molecule has 1 saturated heterocycles. The lowest BCUT2D eigenvalue weighted by molar-refractivity contribution is 0.299. The molecule has 2 aromatic heterocycles. The van der Waals surface area contributed by atoms with E-state index in [0.717, 1.165) is 44.3 Å². The standard InChI is InChI=1S/C23H24FN3O3.ClH/c24-17-9-16-15(14-3-2-8-25-11-14)10-18(26-22(16)27-23(17)29)21-19(28)4-1-5-20(21)30-12-13-6-7-13;/h1,4-5,9-10,13-14,25,28H,2-3,6-8,11-12H2,(H,26,27,29);1H. The van der Waals surface area contributed by atoms with Crippen molar-refractivity contribution in [2.75, 3.05) is 19.7 Å². The Morgan fingerprint density at radius 2 is 2.06 bits per heavy atom. The molecule has 2 aliphatic rings. The van der Waals surface area contributed by atoms with Gasteiger partial charge in [-0.25, -0.2) is 9.37 Å². The van der Waals surface area contributed by atoms with Gasteiger partial charge in [0.1, 0.15) is 17.1 Å². The number of rotatable bonds is 5. The van der Waals surface area contributed by atoms with Crippen LogP contribution in [0.15, 0.2) is 35.1 Å². The van der Waals surface area contributed by atoms with Crippen LogP contribution in [-0.4, -0.2) is 34.8 Å². The fourth-order valence-corrected chi connectivity index (χ4v) is 4.15. The van der Waals surface area contributed by atoms with E-state index in [1.54, 1.807) is 12.1 Å². The highest BCUT2D eigenvalue weighted by molar-refractivity contribution is 5.86. The van der Waals surface area contributed by atoms with Gasteiger partial charge in [-0.2, -0.15) is 0 Å². The van der Waals surface area contributed by atoms with Crippen LogP contribution in [0.5, 0.6) is 11.5 Å². The van der Waals surface area contributed by atoms with E-state index in [1.807, 2.05) is 12.1 Å². The van der Waals surface area contributed by atoms with Gasteiger partial charge in [-0.3, -0.25) is 4.79 Å². The van der Waals surface area contributed by atoms with E-state index >= 15 is 0 Å². The summed E-state index contributed by atoms with van der Waals surface area (Å²) < 4.78 is 20.1. The van der Waals surface area contributed by atoms with E-state index in [4.69, 9.17) is 4.74 Å². The van der Waals surface area contributed by atoms with Crippen LogP contribution in [0.25, 0.3) is 22.3 Å². The Hall–Kier alpha value is -2.64. The Balaban J connectivity index is 0.00000231. The molecular formula is C23H25ClFN3O3. The number of piperidine rings is 1. The minimum atomic E-state index is -0.821. The molecule has 0 bridgehead atoms. The third-order valence-electron chi connectivity index (χ3n) is 5.98. The molecule has 3 N–H and O–H groups in total. The number of aromatic amines is 1. The molecule has 8 heteroatoms. The van der Waals surface area contributed by atoms with Crippen LogP contribution in [-0.2, 0) is 0 Å². The van der Waals surface area contributed by atoms with E-state index in [1.165, 1.54) is 6.07 Å². The summed E-state index contributed by atoms with van der Waals surface area (Å²) in [4.78, 5) is 19.1. The number of aromatic nitrogens is 2. The monoisotopic (exact) mass is 445 g/mol. The number of phenolic OH excluding ortho intramolecular Hbond substituents is 1. The maximum Gasteiger partial charge on any atom is 0.285 e. The molecule has 3 heterocycles. The molecule has 0 radical (unpaired) electrons. The molecular weight excluding hydrogens is 421 g/mol. The van der Waals surface area contributed by atoms with Crippen LogP contribution in [0.2, 0.25) is 0 Å². The highest BCUT2D eigenvalue weighted by atomic mass is 35.5. The average Bonchev–Trinajstić information content (AvgIpc) is 3.58. The molecule has 3 aromatic rings. The first kappa shape index (κ1) is 21.6. The van der Waals surface area contributed by atoms with Crippen LogP contribution in [0.4, 0.5) is 4.39 Å². The van der Waals surface area contributed by atoms with Gasteiger partial charge in [0, 0.05) is 11.9 Å². The van der Waals surface area contributed by atoms with Crippen LogP contribution in [0.1, 0.15) is 37.2 Å². The van der Waals surface area contributed by atoms with Gasteiger partial charge >= 0.3 is 0 Å². The summed E-state index contributed by atoms with van der Waals surface area (Å²) >= 11 is 0. The van der Waals surface area contributed by atoms with Crippen molar-refractivity contribution in [2.45, 2.75) is 31.6 Å². The lowest BCUT2D eigenvalue weighted by Gasteiger charge is -2.25. The summed E-state index contributed by atoms with van der Waals surface area (Å²) in [7, 11) is 0. The second kappa shape index (κ2) is 8.85. The largest absolute Gasteiger partial charge is 0.507 e. The fourth-order valence-electron chi connectivity index (χ4n) is 4.15. The molecule has 5 rings (SSSR count). The number of H-pyrrole nitrogens is 1. The molecule has 1 aliphatic heterocycles. The third kappa shape index (κ3) is 4.38. The molecule has 0 spiro atoms. The number of phenols is 1. The van der Waals surface area contributed by atoms with Crippen molar-refractivity contribution in [3.05, 3.63) is 52.1 Å². The number of nitrogens with one attached hydrogen (secondary N) is 2. The van der Waals surface area contributed by atoms with Gasteiger partial charge in [-0.05, 0) is 73.9 Å². The van der Waals surface area contributed by atoms with E-state index in [0.29, 0.717) is 40.6 Å². The normalized spacial score (nSPS) is 18.5. The number of nitrogens with zero attached hydrogens (tertiary/aromatic N) is 1. The van der Waals surface area contributed by atoms with Crippen molar-refractivity contribution in [3.8, 4) is 22.8 Å². The Morgan fingerprint density at radius 1 is 1.23 bits per heavy atom. The SMILES string of the molecule is Cl.O=c1[nH]c2nc(-c3c(O)cccc3OCC3CC3)cc(C3CCCNC3)c2cc1F. The molecule has 2 fully saturated rings. The number of aromatic hydroxyl groups is 1. The average molecular weight is 446 g/mol. The molecule has 1 saturated carbocycles. The number of hydrogen-bond donors (Lipinski definition) is 3. The van der Waals surface area contributed by atoms with E-state index in [2.05, 4.69) is 15.3 Å². The Labute approximate surface area is 185 Å². The van der Waals surface area contributed by atoms with Gasteiger partial charge in [0.15, 0.2) is 5.82 Å². The van der Waals surface area contributed by atoms with Crippen molar-refractivity contribution in [1.82, 2.24) is 15.3 Å². The number of ether oxygens (including phenoxy) is 1. The highest BCUT2D eigenvalue weighted by Crippen LogP contribution is 2.41. The lowest BCUT2D eigenvalue weighted by Crippen LogP contribution is -2.28. The van der Waals surface area contributed by atoms with Crippen molar-refractivity contribution < 1.29 is 14.2 Å². The summed E-state index contributed by atoms with van der Waals surface area (Å²) in [6, 6.07) is 8.32. The Kier molecular flexibility index (Phi) is 6.16. The second-order valence-corrected chi connectivity index (χ2v) is 8.25. The summed E-state index contributed by atoms with van der Waals surface area (Å²) in [5.41, 5.74) is 1.43. The van der Waals surface area contributed by atoms with E-state index < -0.39 is 11.4 Å². The fraction of sp³-hybridized carbons (Fsp3) is 0.391. The van der Waals surface area contributed by atoms with E-state index in [-0.39, 0.29) is 24.1 Å². The van der Waals surface area contributed by atoms with Crippen molar-refractivity contribution >= 4 is 23.4 Å². The van der Waals surface area contributed by atoms with Crippen LogP contribution >= 0.6 is 12.4 Å². The molecule has 31 heavy (non-hydrogen) atoms. The molecule has 6 nitrogen and oxygen atoms in total. The van der Waals surface area contributed by atoms with Crippen molar-refractivity contribution in [2.24, 2.45) is 5.92 Å². The van der Waals surface area contributed by atoms with Crippen LogP contribution in [0, 0.1) is 11.7 Å². The summed E-state index contributed by atoms with van der Waals surface area (Å²) in [6.45, 7) is 2.33. The highest BCUT2D eigenvalue weighted by Gasteiger charge is 2.25.